The van der Waals surface area contributed by atoms with Crippen molar-refractivity contribution in [2.75, 3.05) is 19.6 Å². The molecule has 1 atom stereocenters. The van der Waals surface area contributed by atoms with Crippen molar-refractivity contribution in [3.8, 4) is 0 Å². The number of likely N-dealkylation sites (tertiary alicyclic amines) is 1. The van der Waals surface area contributed by atoms with E-state index in [2.05, 4.69) is 19.2 Å². The minimum atomic E-state index is -4.06. The van der Waals surface area contributed by atoms with Crippen molar-refractivity contribution in [2.45, 2.75) is 70.6 Å². The molecule has 5 heteroatoms. The fraction of sp³-hybridized carbons (Fsp3) is 1.00. The van der Waals surface area contributed by atoms with E-state index in [1.54, 1.807) is 0 Å². The quantitative estimate of drug-likeness (QED) is 0.855. The zero-order valence-corrected chi connectivity index (χ0v) is 12.6. The lowest BCUT2D eigenvalue weighted by molar-refractivity contribution is -0.148. The smallest absolute Gasteiger partial charge is 0.311 e. The van der Waals surface area contributed by atoms with Gasteiger partial charge >= 0.3 is 6.18 Å². The van der Waals surface area contributed by atoms with Gasteiger partial charge in [-0.3, -0.25) is 4.90 Å². The van der Waals surface area contributed by atoms with Crippen LogP contribution >= 0.6 is 0 Å². The van der Waals surface area contributed by atoms with Gasteiger partial charge in [-0.15, -0.1) is 0 Å². The maximum Gasteiger partial charge on any atom is 0.401 e. The van der Waals surface area contributed by atoms with E-state index in [1.165, 1.54) is 30.6 Å². The van der Waals surface area contributed by atoms with Crippen LogP contribution in [-0.4, -0.2) is 42.8 Å². The Morgan fingerprint density at radius 3 is 2.30 bits per heavy atom. The lowest BCUT2D eigenvalue weighted by atomic mass is 9.75. The molecule has 1 saturated heterocycles. The van der Waals surface area contributed by atoms with Crippen molar-refractivity contribution >= 4 is 0 Å². The van der Waals surface area contributed by atoms with Gasteiger partial charge in [-0.2, -0.15) is 13.2 Å². The summed E-state index contributed by atoms with van der Waals surface area (Å²) in [7, 11) is 0. The number of hydrogen-bond acceptors (Lipinski definition) is 2. The standard InChI is InChI=1S/C15H27F3N2/c1-14(2)7-3-4-13(10-14)19-12-5-8-20(9-6-12)11-15(16,17)18/h12-13,19H,3-11H2,1-2H3. The lowest BCUT2D eigenvalue weighted by Crippen LogP contribution is -2.49. The second-order valence-corrected chi connectivity index (χ2v) is 7.29. The van der Waals surface area contributed by atoms with Gasteiger partial charge in [0.15, 0.2) is 0 Å². The number of nitrogens with zero attached hydrogens (tertiary/aromatic N) is 1. The first-order valence-electron chi connectivity index (χ1n) is 7.79. The molecule has 1 unspecified atom stereocenters. The van der Waals surface area contributed by atoms with Gasteiger partial charge in [0.2, 0.25) is 0 Å². The third-order valence-corrected chi connectivity index (χ3v) is 4.67. The highest BCUT2D eigenvalue weighted by Crippen LogP contribution is 2.35. The normalized spacial score (nSPS) is 29.6. The van der Waals surface area contributed by atoms with Crippen molar-refractivity contribution in [3.05, 3.63) is 0 Å². The Hall–Kier alpha value is -0.290. The van der Waals surface area contributed by atoms with E-state index >= 15 is 0 Å². The third kappa shape index (κ3) is 5.24. The van der Waals surface area contributed by atoms with E-state index < -0.39 is 12.7 Å². The summed E-state index contributed by atoms with van der Waals surface area (Å²) in [5.74, 6) is 0. The number of rotatable bonds is 3. The molecule has 0 bridgehead atoms. The van der Waals surface area contributed by atoms with Crippen molar-refractivity contribution < 1.29 is 13.2 Å². The summed E-state index contributed by atoms with van der Waals surface area (Å²) in [5.41, 5.74) is 0.410. The van der Waals surface area contributed by atoms with Crippen molar-refractivity contribution in [1.82, 2.24) is 10.2 Å². The van der Waals surface area contributed by atoms with Gasteiger partial charge in [0.25, 0.3) is 0 Å². The Balaban J connectivity index is 1.72. The molecule has 2 fully saturated rings. The Bertz CT molecular complexity index is 307. The molecule has 118 valence electrons. The van der Waals surface area contributed by atoms with E-state index in [0.717, 1.165) is 12.8 Å². The molecule has 0 spiro atoms. The van der Waals surface area contributed by atoms with Gasteiger partial charge in [-0.25, -0.2) is 0 Å². The zero-order valence-electron chi connectivity index (χ0n) is 12.6. The monoisotopic (exact) mass is 292 g/mol. The highest BCUT2D eigenvalue weighted by molar-refractivity contribution is 4.87. The Labute approximate surface area is 120 Å². The summed E-state index contributed by atoms with van der Waals surface area (Å²) < 4.78 is 37.0. The molecule has 1 aliphatic carbocycles. The molecule has 20 heavy (non-hydrogen) atoms. The molecule has 1 heterocycles. The van der Waals surface area contributed by atoms with Gasteiger partial charge in [-0.05, 0) is 50.6 Å². The first-order chi connectivity index (χ1) is 9.23. The lowest BCUT2D eigenvalue weighted by Gasteiger charge is -2.40. The predicted octanol–water partition coefficient (Wildman–Crippen LogP) is 3.57. The zero-order chi connectivity index (χ0) is 14.8. The van der Waals surface area contributed by atoms with Gasteiger partial charge in [0.1, 0.15) is 0 Å². The summed E-state index contributed by atoms with van der Waals surface area (Å²) in [6.07, 6.45) is 2.57. The molecular formula is C15H27F3N2. The third-order valence-electron chi connectivity index (χ3n) is 4.67. The Kier molecular flexibility index (Phi) is 5.00. The summed E-state index contributed by atoms with van der Waals surface area (Å²) in [5, 5.41) is 3.69. The van der Waals surface area contributed by atoms with Crippen LogP contribution in [0.2, 0.25) is 0 Å². The molecular weight excluding hydrogens is 265 g/mol. The Morgan fingerprint density at radius 1 is 1.10 bits per heavy atom. The number of halogens is 3. The first kappa shape index (κ1) is 16.1. The van der Waals surface area contributed by atoms with Gasteiger partial charge in [-0.1, -0.05) is 20.3 Å². The molecule has 0 aromatic carbocycles. The van der Waals surface area contributed by atoms with E-state index in [0.29, 0.717) is 30.6 Å². The fourth-order valence-corrected chi connectivity index (χ4v) is 3.69. The molecule has 1 saturated carbocycles. The summed E-state index contributed by atoms with van der Waals surface area (Å²) >= 11 is 0. The average Bonchev–Trinajstić information content (AvgIpc) is 2.28. The molecule has 0 aromatic heterocycles. The topological polar surface area (TPSA) is 15.3 Å². The molecule has 0 radical (unpaired) electrons. The van der Waals surface area contributed by atoms with Crippen molar-refractivity contribution in [1.29, 1.82) is 0 Å². The minimum absolute atomic E-state index is 0.401. The molecule has 1 aliphatic heterocycles. The maximum atomic E-state index is 12.3. The van der Waals surface area contributed by atoms with E-state index in [4.69, 9.17) is 0 Å². The van der Waals surface area contributed by atoms with Crippen LogP contribution in [0.25, 0.3) is 0 Å². The molecule has 2 nitrogen and oxygen atoms in total. The minimum Gasteiger partial charge on any atom is -0.311 e. The van der Waals surface area contributed by atoms with Gasteiger partial charge in [0.05, 0.1) is 6.54 Å². The van der Waals surface area contributed by atoms with Crippen LogP contribution in [-0.2, 0) is 0 Å². The predicted molar refractivity (Wildman–Crippen MR) is 74.7 cm³/mol. The average molecular weight is 292 g/mol. The summed E-state index contributed by atoms with van der Waals surface area (Å²) in [6.45, 7) is 5.00. The van der Waals surface area contributed by atoms with Crippen LogP contribution < -0.4 is 5.32 Å². The second kappa shape index (κ2) is 6.22. The van der Waals surface area contributed by atoms with E-state index in [-0.39, 0.29) is 0 Å². The Morgan fingerprint density at radius 2 is 1.75 bits per heavy atom. The molecule has 2 aliphatic rings. The van der Waals surface area contributed by atoms with Crippen molar-refractivity contribution in [3.63, 3.8) is 0 Å². The fourth-order valence-electron chi connectivity index (χ4n) is 3.69. The summed E-state index contributed by atoms with van der Waals surface area (Å²) in [4.78, 5) is 1.53. The van der Waals surface area contributed by atoms with Crippen LogP contribution in [0, 0.1) is 5.41 Å². The highest BCUT2D eigenvalue weighted by Gasteiger charge is 2.34. The molecule has 2 rings (SSSR count). The molecule has 1 N–H and O–H groups in total. The number of alkyl halides is 3. The summed E-state index contributed by atoms with van der Waals surface area (Å²) in [6, 6.07) is 0.955. The largest absolute Gasteiger partial charge is 0.401 e. The molecule has 0 amide bonds. The number of hydrogen-bond donors (Lipinski definition) is 1. The number of nitrogens with one attached hydrogen (secondary N) is 1. The first-order valence-corrected chi connectivity index (χ1v) is 7.79. The SMILES string of the molecule is CC1(C)CCCC(NC2CCN(CC(F)(F)F)CC2)C1. The molecule has 0 aromatic rings. The van der Waals surface area contributed by atoms with Crippen LogP contribution in [0.15, 0.2) is 0 Å². The van der Waals surface area contributed by atoms with E-state index in [1.807, 2.05) is 0 Å². The maximum absolute atomic E-state index is 12.3. The van der Waals surface area contributed by atoms with E-state index in [9.17, 15) is 13.2 Å². The van der Waals surface area contributed by atoms with Crippen LogP contribution in [0.5, 0.6) is 0 Å². The van der Waals surface area contributed by atoms with Crippen LogP contribution in [0.4, 0.5) is 13.2 Å². The van der Waals surface area contributed by atoms with Crippen LogP contribution in [0.1, 0.15) is 52.4 Å². The van der Waals surface area contributed by atoms with Gasteiger partial charge < -0.3 is 5.32 Å². The van der Waals surface area contributed by atoms with Gasteiger partial charge in [0, 0.05) is 12.1 Å². The number of piperidine rings is 1. The highest BCUT2D eigenvalue weighted by atomic mass is 19.4. The van der Waals surface area contributed by atoms with Crippen LogP contribution in [0.3, 0.4) is 0 Å². The second-order valence-electron chi connectivity index (χ2n) is 7.29. The van der Waals surface area contributed by atoms with Crippen molar-refractivity contribution in [2.24, 2.45) is 5.41 Å².